The van der Waals surface area contributed by atoms with E-state index in [1.807, 2.05) is 6.92 Å². The van der Waals surface area contributed by atoms with Crippen LogP contribution in [0.5, 0.6) is 0 Å². The van der Waals surface area contributed by atoms with E-state index >= 15 is 0 Å². The van der Waals surface area contributed by atoms with E-state index in [4.69, 9.17) is 17.3 Å². The highest BCUT2D eigenvalue weighted by Gasteiger charge is 2.35. The van der Waals surface area contributed by atoms with Gasteiger partial charge in [-0.2, -0.15) is 0 Å². The molecule has 0 saturated heterocycles. The Bertz CT molecular complexity index is 1300. The van der Waals surface area contributed by atoms with Crippen molar-refractivity contribution in [1.29, 1.82) is 0 Å². The van der Waals surface area contributed by atoms with E-state index in [-0.39, 0.29) is 43.5 Å². The highest BCUT2D eigenvalue weighted by atomic mass is 35.5. The smallest absolute Gasteiger partial charge is 0.261 e. The van der Waals surface area contributed by atoms with Gasteiger partial charge in [0.15, 0.2) is 11.6 Å². The predicted octanol–water partition coefficient (Wildman–Crippen LogP) is 3.81. The van der Waals surface area contributed by atoms with Crippen molar-refractivity contribution in [3.05, 3.63) is 87.4 Å². The molecule has 1 aliphatic carbocycles. The largest absolute Gasteiger partial charge is 0.397 e. The summed E-state index contributed by atoms with van der Waals surface area (Å²) in [6.45, 7) is 1.83. The van der Waals surface area contributed by atoms with Crippen LogP contribution >= 0.6 is 11.6 Å². The lowest BCUT2D eigenvalue weighted by Crippen LogP contribution is -2.25. The summed E-state index contributed by atoms with van der Waals surface area (Å²) in [7, 11) is -4.02. The van der Waals surface area contributed by atoms with Crippen LogP contribution in [0, 0.1) is 6.92 Å². The zero-order valence-electron chi connectivity index (χ0n) is 15.2. The molecule has 4 rings (SSSR count). The van der Waals surface area contributed by atoms with Crippen LogP contribution in [0.3, 0.4) is 0 Å². The van der Waals surface area contributed by atoms with Crippen molar-refractivity contribution in [2.75, 3.05) is 10.5 Å². The van der Waals surface area contributed by atoms with Crippen LogP contribution in [0.4, 0.5) is 11.4 Å². The first-order valence-corrected chi connectivity index (χ1v) is 10.5. The van der Waals surface area contributed by atoms with E-state index in [2.05, 4.69) is 4.72 Å². The van der Waals surface area contributed by atoms with E-state index in [0.29, 0.717) is 0 Å². The van der Waals surface area contributed by atoms with Gasteiger partial charge in [-0.3, -0.25) is 14.3 Å². The lowest BCUT2D eigenvalue weighted by atomic mass is 9.82. The highest BCUT2D eigenvalue weighted by Crippen LogP contribution is 2.39. The number of sulfonamides is 1. The number of anilines is 2. The molecular weight excluding hydrogens is 412 g/mol. The third kappa shape index (κ3) is 3.08. The van der Waals surface area contributed by atoms with Crippen LogP contribution in [0.1, 0.15) is 37.4 Å². The molecule has 8 heteroatoms. The molecular formula is C21H15ClN2O4S. The number of hydrogen-bond donors (Lipinski definition) is 2. The minimum absolute atomic E-state index is 0.0137. The molecule has 0 bridgehead atoms. The molecule has 0 heterocycles. The van der Waals surface area contributed by atoms with E-state index in [1.165, 1.54) is 30.3 Å². The molecule has 6 nitrogen and oxygen atoms in total. The fraction of sp³-hybridized carbons (Fsp3) is 0.0476. The second kappa shape index (κ2) is 6.72. The number of ketones is 2. The van der Waals surface area contributed by atoms with Crippen LogP contribution in [-0.4, -0.2) is 20.0 Å². The molecule has 3 aromatic rings. The van der Waals surface area contributed by atoms with Gasteiger partial charge in [0.05, 0.1) is 32.4 Å². The number of hydrogen-bond acceptors (Lipinski definition) is 5. The van der Waals surface area contributed by atoms with Crippen molar-refractivity contribution in [3.8, 4) is 0 Å². The maximum Gasteiger partial charge on any atom is 0.261 e. The topological polar surface area (TPSA) is 106 Å². The summed E-state index contributed by atoms with van der Waals surface area (Å²) in [6.07, 6.45) is 0. The zero-order valence-corrected chi connectivity index (χ0v) is 16.8. The highest BCUT2D eigenvalue weighted by molar-refractivity contribution is 7.92. The van der Waals surface area contributed by atoms with E-state index in [0.717, 1.165) is 5.56 Å². The maximum absolute atomic E-state index is 13.1. The van der Waals surface area contributed by atoms with Crippen molar-refractivity contribution < 1.29 is 18.0 Å². The second-order valence-corrected chi connectivity index (χ2v) is 8.78. The van der Waals surface area contributed by atoms with Gasteiger partial charge in [0.2, 0.25) is 0 Å². The fourth-order valence-electron chi connectivity index (χ4n) is 3.29. The Balaban J connectivity index is 1.91. The molecule has 146 valence electrons. The lowest BCUT2D eigenvalue weighted by Gasteiger charge is -2.23. The molecule has 0 amide bonds. The number of fused-ring (bicyclic) bond motifs is 2. The second-order valence-electron chi connectivity index (χ2n) is 6.69. The summed E-state index contributed by atoms with van der Waals surface area (Å²) in [5, 5.41) is -0.0223. The van der Waals surface area contributed by atoms with Gasteiger partial charge in [-0.15, -0.1) is 0 Å². The van der Waals surface area contributed by atoms with Gasteiger partial charge in [-0.05, 0) is 25.1 Å². The molecule has 0 unspecified atom stereocenters. The van der Waals surface area contributed by atoms with E-state index in [9.17, 15) is 18.0 Å². The Morgan fingerprint density at radius 2 is 1.45 bits per heavy atom. The summed E-state index contributed by atoms with van der Waals surface area (Å²) in [4.78, 5) is 26.1. The average molecular weight is 427 g/mol. The molecule has 0 atom stereocenters. The molecule has 0 fully saturated rings. The lowest BCUT2D eigenvalue weighted by molar-refractivity contribution is 0.0980. The molecule has 0 aliphatic heterocycles. The molecule has 1 aliphatic rings. The first-order chi connectivity index (χ1) is 13.7. The summed E-state index contributed by atoms with van der Waals surface area (Å²) < 4.78 is 28.1. The quantitative estimate of drug-likeness (QED) is 0.484. The van der Waals surface area contributed by atoms with Crippen molar-refractivity contribution in [1.82, 2.24) is 0 Å². The van der Waals surface area contributed by atoms with E-state index in [1.54, 1.807) is 24.3 Å². The van der Waals surface area contributed by atoms with Gasteiger partial charge in [0.1, 0.15) is 0 Å². The number of nitrogens with two attached hydrogens (primary N) is 1. The minimum Gasteiger partial charge on any atom is -0.397 e. The van der Waals surface area contributed by atoms with Crippen LogP contribution in [0.25, 0.3) is 0 Å². The van der Waals surface area contributed by atoms with Gasteiger partial charge >= 0.3 is 0 Å². The number of aryl methyl sites for hydroxylation is 1. The SMILES string of the molecule is Cc1ccc(S(=O)(=O)Nc2cc(Cl)c(N)c3c2C(=O)c2ccccc2C3=O)cc1. The molecule has 29 heavy (non-hydrogen) atoms. The fourth-order valence-corrected chi connectivity index (χ4v) is 4.55. The van der Waals surface area contributed by atoms with Gasteiger partial charge in [-0.1, -0.05) is 53.6 Å². The zero-order chi connectivity index (χ0) is 20.9. The number of nitrogen functional groups attached to an aromatic ring is 1. The normalized spacial score (nSPS) is 13.0. The Hall–Kier alpha value is -3.16. The van der Waals surface area contributed by atoms with Gasteiger partial charge in [-0.25, -0.2) is 8.42 Å². The Kier molecular flexibility index (Phi) is 4.44. The predicted molar refractivity (Wildman–Crippen MR) is 111 cm³/mol. The van der Waals surface area contributed by atoms with Crippen LogP contribution < -0.4 is 10.5 Å². The summed E-state index contributed by atoms with van der Waals surface area (Å²) in [6, 6.07) is 13.8. The molecule has 0 radical (unpaired) electrons. The van der Waals surface area contributed by atoms with Gasteiger partial charge in [0.25, 0.3) is 10.0 Å². The van der Waals surface area contributed by atoms with Crippen molar-refractivity contribution >= 4 is 44.6 Å². The first-order valence-electron chi connectivity index (χ1n) is 8.60. The Morgan fingerprint density at radius 3 is 2.03 bits per heavy atom. The van der Waals surface area contributed by atoms with Crippen LogP contribution in [-0.2, 0) is 10.0 Å². The molecule has 3 N–H and O–H groups in total. The Labute approximate surface area is 172 Å². The van der Waals surface area contributed by atoms with Crippen molar-refractivity contribution in [2.45, 2.75) is 11.8 Å². The molecule has 3 aromatic carbocycles. The number of nitrogens with one attached hydrogen (secondary N) is 1. The molecule has 0 aromatic heterocycles. The number of benzene rings is 3. The van der Waals surface area contributed by atoms with Crippen molar-refractivity contribution in [2.24, 2.45) is 0 Å². The minimum atomic E-state index is -4.02. The van der Waals surface area contributed by atoms with Gasteiger partial charge in [0, 0.05) is 11.1 Å². The molecule has 0 saturated carbocycles. The Morgan fingerprint density at radius 1 is 0.897 bits per heavy atom. The monoisotopic (exact) mass is 426 g/mol. The number of rotatable bonds is 3. The average Bonchev–Trinajstić information content (AvgIpc) is 2.69. The van der Waals surface area contributed by atoms with Crippen LogP contribution in [0.15, 0.2) is 59.5 Å². The maximum atomic E-state index is 13.1. The van der Waals surface area contributed by atoms with E-state index < -0.39 is 21.6 Å². The number of carbonyl (C=O) groups is 2. The summed E-state index contributed by atoms with van der Waals surface area (Å²) in [5.74, 6) is -0.980. The number of halogens is 1. The first kappa shape index (κ1) is 19.2. The summed E-state index contributed by atoms with van der Waals surface area (Å²) in [5.41, 5.74) is 6.92. The number of carbonyl (C=O) groups excluding carboxylic acids is 2. The molecule has 0 spiro atoms. The van der Waals surface area contributed by atoms with Crippen molar-refractivity contribution in [3.63, 3.8) is 0 Å². The van der Waals surface area contributed by atoms with Gasteiger partial charge < -0.3 is 5.73 Å². The third-order valence-corrected chi connectivity index (χ3v) is 6.46. The third-order valence-electron chi connectivity index (χ3n) is 4.76. The van der Waals surface area contributed by atoms with Crippen LogP contribution in [0.2, 0.25) is 5.02 Å². The summed E-state index contributed by atoms with van der Waals surface area (Å²) >= 11 is 6.16. The standard InChI is InChI=1S/C21H15ClN2O4S/c1-11-6-8-12(9-7-11)29(27,28)24-16-10-15(22)19(23)18-17(16)20(25)13-4-2-3-5-14(13)21(18)26/h2-10,24H,23H2,1H3.